The Labute approximate surface area is 142 Å². The Bertz CT molecular complexity index is 504. The maximum atomic E-state index is 12.1. The molecule has 1 saturated heterocycles. The molecule has 1 atom stereocenters. The van der Waals surface area contributed by atoms with Crippen molar-refractivity contribution in [3.05, 3.63) is 0 Å². The van der Waals surface area contributed by atoms with Gasteiger partial charge in [-0.15, -0.1) is 0 Å². The van der Waals surface area contributed by atoms with Crippen molar-refractivity contribution in [3.63, 3.8) is 0 Å². The first-order valence-electron chi connectivity index (χ1n) is 7.59. The van der Waals surface area contributed by atoms with Gasteiger partial charge in [-0.3, -0.25) is 9.59 Å². The SMILES string of the molecule is CC(C)[C@H](N)C(=O)NCC(=O)NCCS(=O)(=O)N1CCSCC1. The fourth-order valence-corrected chi connectivity index (χ4v) is 4.42. The minimum Gasteiger partial charge on any atom is -0.353 e. The van der Waals surface area contributed by atoms with E-state index in [-0.39, 0.29) is 24.8 Å². The molecule has 1 rings (SSSR count). The Morgan fingerprint density at radius 3 is 2.39 bits per heavy atom. The van der Waals surface area contributed by atoms with E-state index in [9.17, 15) is 18.0 Å². The summed E-state index contributed by atoms with van der Waals surface area (Å²) >= 11 is 1.73. The minimum absolute atomic E-state index is 0.0223. The summed E-state index contributed by atoms with van der Waals surface area (Å²) in [5.41, 5.74) is 5.66. The lowest BCUT2D eigenvalue weighted by Gasteiger charge is -2.25. The summed E-state index contributed by atoms with van der Waals surface area (Å²) in [7, 11) is -3.34. The van der Waals surface area contributed by atoms with Crippen LogP contribution in [0.4, 0.5) is 0 Å². The van der Waals surface area contributed by atoms with Gasteiger partial charge < -0.3 is 16.4 Å². The number of nitrogens with two attached hydrogens (primary N) is 1. The Morgan fingerprint density at radius 2 is 1.83 bits per heavy atom. The summed E-state index contributed by atoms with van der Waals surface area (Å²) in [6.45, 7) is 4.48. The number of amides is 2. The van der Waals surface area contributed by atoms with Gasteiger partial charge in [-0.05, 0) is 5.92 Å². The van der Waals surface area contributed by atoms with Gasteiger partial charge in [-0.2, -0.15) is 11.8 Å². The number of nitrogens with one attached hydrogen (secondary N) is 2. The lowest BCUT2D eigenvalue weighted by atomic mass is 10.1. The van der Waals surface area contributed by atoms with E-state index in [0.717, 1.165) is 11.5 Å². The number of carbonyl (C=O) groups is 2. The van der Waals surface area contributed by atoms with Crippen molar-refractivity contribution >= 4 is 33.6 Å². The van der Waals surface area contributed by atoms with Crippen LogP contribution in [0.15, 0.2) is 0 Å². The van der Waals surface area contributed by atoms with Gasteiger partial charge in [0.15, 0.2) is 0 Å². The van der Waals surface area contributed by atoms with E-state index < -0.39 is 27.9 Å². The van der Waals surface area contributed by atoms with Gasteiger partial charge in [0.05, 0.1) is 18.3 Å². The largest absolute Gasteiger partial charge is 0.353 e. The fraction of sp³-hybridized carbons (Fsp3) is 0.846. The van der Waals surface area contributed by atoms with Crippen LogP contribution >= 0.6 is 11.8 Å². The number of rotatable bonds is 8. The molecule has 10 heteroatoms. The molecule has 0 unspecified atom stereocenters. The van der Waals surface area contributed by atoms with E-state index in [1.54, 1.807) is 11.8 Å². The summed E-state index contributed by atoms with van der Waals surface area (Å²) in [4.78, 5) is 23.2. The van der Waals surface area contributed by atoms with E-state index in [1.165, 1.54) is 4.31 Å². The van der Waals surface area contributed by atoms with E-state index in [4.69, 9.17) is 5.73 Å². The van der Waals surface area contributed by atoms with Crippen LogP contribution in [0.2, 0.25) is 0 Å². The third-order valence-electron chi connectivity index (χ3n) is 3.49. The van der Waals surface area contributed by atoms with Gasteiger partial charge in [0, 0.05) is 31.1 Å². The molecule has 2 amide bonds. The first-order chi connectivity index (χ1) is 10.7. The quantitative estimate of drug-likeness (QED) is 0.485. The van der Waals surface area contributed by atoms with Crippen LogP contribution < -0.4 is 16.4 Å². The molecule has 1 heterocycles. The van der Waals surface area contributed by atoms with Crippen LogP contribution in [-0.2, 0) is 19.6 Å². The predicted molar refractivity (Wildman–Crippen MR) is 91.5 cm³/mol. The monoisotopic (exact) mass is 366 g/mol. The molecular weight excluding hydrogens is 340 g/mol. The van der Waals surface area contributed by atoms with Crippen molar-refractivity contribution < 1.29 is 18.0 Å². The van der Waals surface area contributed by atoms with Crippen molar-refractivity contribution in [2.75, 3.05) is 43.4 Å². The van der Waals surface area contributed by atoms with Crippen molar-refractivity contribution in [2.45, 2.75) is 19.9 Å². The molecule has 0 spiro atoms. The molecule has 4 N–H and O–H groups in total. The lowest BCUT2D eigenvalue weighted by molar-refractivity contribution is -0.127. The maximum absolute atomic E-state index is 12.1. The van der Waals surface area contributed by atoms with Gasteiger partial charge in [0.1, 0.15) is 0 Å². The zero-order valence-corrected chi connectivity index (χ0v) is 15.2. The second kappa shape index (κ2) is 9.45. The van der Waals surface area contributed by atoms with Crippen molar-refractivity contribution in [1.29, 1.82) is 0 Å². The van der Waals surface area contributed by atoms with E-state index in [0.29, 0.717) is 13.1 Å². The molecule has 1 aliphatic rings. The normalized spacial score (nSPS) is 17.7. The molecule has 0 saturated carbocycles. The first-order valence-corrected chi connectivity index (χ1v) is 10.4. The smallest absolute Gasteiger partial charge is 0.239 e. The summed E-state index contributed by atoms with van der Waals surface area (Å²) in [5, 5.41) is 4.93. The van der Waals surface area contributed by atoms with Gasteiger partial charge >= 0.3 is 0 Å². The highest BCUT2D eigenvalue weighted by Gasteiger charge is 2.24. The van der Waals surface area contributed by atoms with Crippen LogP contribution in [0.1, 0.15) is 13.8 Å². The Hall–Kier alpha value is -0.840. The van der Waals surface area contributed by atoms with Gasteiger partial charge in [0.2, 0.25) is 21.8 Å². The molecule has 0 aromatic heterocycles. The standard InChI is InChI=1S/C13H26N4O4S2/c1-10(2)12(14)13(19)16-9-11(18)15-3-8-23(20,21)17-4-6-22-7-5-17/h10,12H,3-9,14H2,1-2H3,(H,15,18)(H,16,19)/t12-/m0/s1. The molecule has 0 radical (unpaired) electrons. The number of carbonyl (C=O) groups excluding carboxylic acids is 2. The second-order valence-corrected chi connectivity index (χ2v) is 8.98. The molecule has 134 valence electrons. The van der Waals surface area contributed by atoms with Crippen LogP contribution in [0.5, 0.6) is 0 Å². The molecule has 1 aliphatic heterocycles. The summed E-state index contributed by atoms with van der Waals surface area (Å²) in [6, 6.07) is -0.667. The van der Waals surface area contributed by atoms with Gasteiger partial charge in [0.25, 0.3) is 0 Å². The highest BCUT2D eigenvalue weighted by atomic mass is 32.2. The average molecular weight is 367 g/mol. The fourth-order valence-electron chi connectivity index (χ4n) is 1.92. The van der Waals surface area contributed by atoms with E-state index in [1.807, 2.05) is 13.8 Å². The lowest BCUT2D eigenvalue weighted by Crippen LogP contribution is -2.48. The number of hydrogen-bond donors (Lipinski definition) is 3. The van der Waals surface area contributed by atoms with Crippen molar-refractivity contribution in [3.8, 4) is 0 Å². The third kappa shape index (κ3) is 7.06. The summed E-state index contributed by atoms with van der Waals surface area (Å²) < 4.78 is 25.6. The molecule has 23 heavy (non-hydrogen) atoms. The van der Waals surface area contributed by atoms with Gasteiger partial charge in [-0.1, -0.05) is 13.8 Å². The van der Waals surface area contributed by atoms with Crippen LogP contribution in [0.3, 0.4) is 0 Å². The third-order valence-corrected chi connectivity index (χ3v) is 6.30. The first kappa shape index (κ1) is 20.2. The van der Waals surface area contributed by atoms with Crippen LogP contribution in [0.25, 0.3) is 0 Å². The van der Waals surface area contributed by atoms with Crippen LogP contribution in [0, 0.1) is 5.92 Å². The number of hydrogen-bond acceptors (Lipinski definition) is 6. The number of sulfonamides is 1. The summed E-state index contributed by atoms with van der Waals surface area (Å²) in [5.74, 6) is 0.614. The predicted octanol–water partition coefficient (Wildman–Crippen LogP) is -1.42. The maximum Gasteiger partial charge on any atom is 0.239 e. The van der Waals surface area contributed by atoms with Crippen molar-refractivity contribution in [1.82, 2.24) is 14.9 Å². The molecule has 8 nitrogen and oxygen atoms in total. The van der Waals surface area contributed by atoms with Gasteiger partial charge in [-0.25, -0.2) is 12.7 Å². The average Bonchev–Trinajstić information content (AvgIpc) is 2.52. The molecule has 0 aromatic carbocycles. The zero-order valence-electron chi connectivity index (χ0n) is 13.6. The second-order valence-electron chi connectivity index (χ2n) is 5.66. The number of nitrogens with zero attached hydrogens (tertiary/aromatic N) is 1. The Kier molecular flexibility index (Phi) is 8.31. The zero-order chi connectivity index (χ0) is 17.5. The van der Waals surface area contributed by atoms with Crippen LogP contribution in [-0.4, -0.2) is 74.0 Å². The number of thioether (sulfide) groups is 1. The molecule has 0 aliphatic carbocycles. The molecule has 0 bridgehead atoms. The van der Waals surface area contributed by atoms with E-state index >= 15 is 0 Å². The Balaban J connectivity index is 2.27. The molecule has 0 aromatic rings. The minimum atomic E-state index is -3.34. The highest BCUT2D eigenvalue weighted by molar-refractivity contribution is 7.99. The topological polar surface area (TPSA) is 122 Å². The molecular formula is C13H26N4O4S2. The molecule has 1 fully saturated rings. The van der Waals surface area contributed by atoms with E-state index in [2.05, 4.69) is 10.6 Å². The Morgan fingerprint density at radius 1 is 1.22 bits per heavy atom. The highest BCUT2D eigenvalue weighted by Crippen LogP contribution is 2.12. The van der Waals surface area contributed by atoms with Crippen molar-refractivity contribution in [2.24, 2.45) is 11.7 Å². The summed E-state index contributed by atoms with van der Waals surface area (Å²) in [6.07, 6.45) is 0.